The minimum atomic E-state index is -4.35. The van der Waals surface area contributed by atoms with Gasteiger partial charge in [-0.3, -0.25) is 10.2 Å². The van der Waals surface area contributed by atoms with Gasteiger partial charge < -0.3 is 4.74 Å². The van der Waals surface area contributed by atoms with E-state index in [1.54, 1.807) is 19.1 Å². The third-order valence-electron chi connectivity index (χ3n) is 4.04. The molecule has 0 aromatic heterocycles. The number of carbonyl (C=O) groups is 2. The number of hydrogen-bond acceptors (Lipinski definition) is 4. The number of aryl methyl sites for hydroxylation is 1. The zero-order valence-electron chi connectivity index (χ0n) is 15.4. The number of anilines is 1. The fourth-order valence-corrected chi connectivity index (χ4v) is 3.11. The molecule has 0 bridgehead atoms. The molecule has 1 heterocycles. The number of carbonyl (C=O) groups excluding carboxylic acids is 2. The molecular weight excluding hydrogens is 407 g/mol. The molecule has 0 radical (unpaired) electrons. The van der Waals surface area contributed by atoms with Crippen LogP contribution in [0.4, 0.5) is 28.4 Å². The Morgan fingerprint density at radius 2 is 1.76 bits per heavy atom. The van der Waals surface area contributed by atoms with Crippen molar-refractivity contribution in [2.24, 2.45) is 0 Å². The summed E-state index contributed by atoms with van der Waals surface area (Å²) in [6, 6.07) is 9.04. The van der Waals surface area contributed by atoms with E-state index < -0.39 is 17.6 Å². The van der Waals surface area contributed by atoms with E-state index in [-0.39, 0.29) is 22.5 Å². The lowest BCUT2D eigenvalue weighted by atomic mass is 10.2. The Bertz CT molecular complexity index is 977. The van der Waals surface area contributed by atoms with Crippen molar-refractivity contribution in [3.8, 4) is 11.5 Å². The highest BCUT2D eigenvalue weighted by atomic mass is 32.2. The lowest BCUT2D eigenvalue weighted by Crippen LogP contribution is -2.56. The van der Waals surface area contributed by atoms with Crippen molar-refractivity contribution >= 4 is 29.5 Å². The van der Waals surface area contributed by atoms with E-state index in [1.807, 2.05) is 0 Å². The molecule has 0 aliphatic carbocycles. The van der Waals surface area contributed by atoms with Crippen molar-refractivity contribution in [3.63, 3.8) is 0 Å². The molecule has 29 heavy (non-hydrogen) atoms. The van der Waals surface area contributed by atoms with Crippen molar-refractivity contribution in [2.75, 3.05) is 11.9 Å². The third-order valence-corrected chi connectivity index (χ3v) is 4.78. The molecule has 2 aromatic carbocycles. The summed E-state index contributed by atoms with van der Waals surface area (Å²) in [5, 5.41) is 2.49. The average Bonchev–Trinajstić information content (AvgIpc) is 2.62. The van der Waals surface area contributed by atoms with Crippen molar-refractivity contribution in [2.45, 2.75) is 17.3 Å². The fraction of sp³-hybridized carbons (Fsp3) is 0.158. The standard InChI is InChI=1S/C19H16F3N3O3S/c1-11-10-13(25-17(26)23-12(2)24(3)18(25)27)4-9-16(11)28-14-5-7-15(8-6-14)29-19(20,21)22/h4-10H,2H2,1,3H3,(H,23,26). The molecule has 0 unspecified atom stereocenters. The van der Waals surface area contributed by atoms with Crippen molar-refractivity contribution < 1.29 is 27.5 Å². The molecule has 1 saturated heterocycles. The molecule has 3 rings (SSSR count). The van der Waals surface area contributed by atoms with E-state index >= 15 is 0 Å². The molecule has 1 aliphatic rings. The molecule has 10 heteroatoms. The summed E-state index contributed by atoms with van der Waals surface area (Å²) in [6.07, 6.45) is 0. The highest BCUT2D eigenvalue weighted by Crippen LogP contribution is 2.38. The second-order valence-electron chi connectivity index (χ2n) is 6.12. The number of imide groups is 1. The molecule has 0 spiro atoms. The van der Waals surface area contributed by atoms with Crippen LogP contribution in [0.25, 0.3) is 0 Å². The van der Waals surface area contributed by atoms with E-state index in [0.717, 1.165) is 4.90 Å². The maximum Gasteiger partial charge on any atom is 0.446 e. The number of halogens is 3. The van der Waals surface area contributed by atoms with E-state index in [0.29, 0.717) is 22.7 Å². The summed E-state index contributed by atoms with van der Waals surface area (Å²) < 4.78 is 42.9. The highest BCUT2D eigenvalue weighted by Gasteiger charge is 2.33. The molecular formula is C19H16F3N3O3S. The molecule has 1 fully saturated rings. The zero-order chi connectivity index (χ0) is 21.3. The molecule has 2 aromatic rings. The number of rotatable bonds is 4. The first-order valence-electron chi connectivity index (χ1n) is 8.27. The van der Waals surface area contributed by atoms with Crippen LogP contribution in [-0.4, -0.2) is 29.5 Å². The Morgan fingerprint density at radius 3 is 2.34 bits per heavy atom. The van der Waals surface area contributed by atoms with E-state index in [2.05, 4.69) is 11.9 Å². The van der Waals surface area contributed by atoms with Gasteiger partial charge in [0, 0.05) is 11.9 Å². The number of ether oxygens (including phenoxy) is 1. The molecule has 4 amide bonds. The van der Waals surface area contributed by atoms with Crippen LogP contribution >= 0.6 is 11.8 Å². The minimum Gasteiger partial charge on any atom is -0.457 e. The van der Waals surface area contributed by atoms with Gasteiger partial charge in [-0.25, -0.2) is 14.5 Å². The Labute approximate surface area is 168 Å². The summed E-state index contributed by atoms with van der Waals surface area (Å²) >= 11 is -0.204. The quantitative estimate of drug-likeness (QED) is 0.664. The lowest BCUT2D eigenvalue weighted by Gasteiger charge is -2.33. The Balaban J connectivity index is 1.77. The first-order chi connectivity index (χ1) is 13.5. The molecule has 0 saturated carbocycles. The van der Waals surface area contributed by atoms with Gasteiger partial charge in [-0.05, 0) is 66.7 Å². The van der Waals surface area contributed by atoms with Crippen LogP contribution in [-0.2, 0) is 0 Å². The number of benzene rings is 2. The number of nitrogens with one attached hydrogen (secondary N) is 1. The van der Waals surface area contributed by atoms with Crippen LogP contribution in [0, 0.1) is 6.92 Å². The zero-order valence-corrected chi connectivity index (χ0v) is 16.2. The van der Waals surface area contributed by atoms with Crippen LogP contribution in [0.15, 0.2) is 59.8 Å². The predicted octanol–water partition coefficient (Wildman–Crippen LogP) is 5.45. The van der Waals surface area contributed by atoms with Crippen molar-refractivity contribution in [1.82, 2.24) is 10.2 Å². The number of urea groups is 2. The van der Waals surface area contributed by atoms with Gasteiger partial charge in [0.05, 0.1) is 5.69 Å². The van der Waals surface area contributed by atoms with E-state index in [4.69, 9.17) is 4.74 Å². The van der Waals surface area contributed by atoms with Gasteiger partial charge in [-0.15, -0.1) is 0 Å². The van der Waals surface area contributed by atoms with Gasteiger partial charge in [-0.2, -0.15) is 13.2 Å². The van der Waals surface area contributed by atoms with Crippen LogP contribution < -0.4 is 15.0 Å². The summed E-state index contributed by atoms with van der Waals surface area (Å²) in [5.41, 5.74) is -3.38. The van der Waals surface area contributed by atoms with Crippen LogP contribution in [0.3, 0.4) is 0 Å². The van der Waals surface area contributed by atoms with Crippen molar-refractivity contribution in [1.29, 1.82) is 0 Å². The number of nitrogens with zero attached hydrogens (tertiary/aromatic N) is 2. The molecule has 0 atom stereocenters. The Hall–Kier alpha value is -3.14. The number of thioether (sulfide) groups is 1. The topological polar surface area (TPSA) is 61.9 Å². The normalized spacial score (nSPS) is 14.9. The summed E-state index contributed by atoms with van der Waals surface area (Å²) in [5.74, 6) is 0.975. The van der Waals surface area contributed by atoms with Crippen LogP contribution in [0.2, 0.25) is 0 Å². The number of alkyl halides is 3. The minimum absolute atomic E-state index is 0.0530. The molecule has 1 aliphatic heterocycles. The lowest BCUT2D eigenvalue weighted by molar-refractivity contribution is -0.0328. The van der Waals surface area contributed by atoms with Gasteiger partial charge in [0.25, 0.3) is 0 Å². The fourth-order valence-electron chi connectivity index (χ4n) is 2.57. The monoisotopic (exact) mass is 423 g/mol. The Morgan fingerprint density at radius 1 is 1.10 bits per heavy atom. The van der Waals surface area contributed by atoms with Gasteiger partial charge in [0.2, 0.25) is 0 Å². The number of amides is 4. The van der Waals surface area contributed by atoms with E-state index in [1.165, 1.54) is 42.3 Å². The summed E-state index contributed by atoms with van der Waals surface area (Å²) in [4.78, 5) is 26.8. The van der Waals surface area contributed by atoms with Gasteiger partial charge in [-0.1, -0.05) is 6.58 Å². The summed E-state index contributed by atoms with van der Waals surface area (Å²) in [7, 11) is 1.49. The first kappa shape index (κ1) is 20.6. The second kappa shape index (κ2) is 7.70. The maximum absolute atomic E-state index is 12.4. The van der Waals surface area contributed by atoms with Crippen LogP contribution in [0.5, 0.6) is 11.5 Å². The Kier molecular flexibility index (Phi) is 5.47. The summed E-state index contributed by atoms with van der Waals surface area (Å²) in [6.45, 7) is 5.31. The van der Waals surface area contributed by atoms with Gasteiger partial charge in [0.1, 0.15) is 17.3 Å². The largest absolute Gasteiger partial charge is 0.457 e. The van der Waals surface area contributed by atoms with Crippen molar-refractivity contribution in [3.05, 3.63) is 60.4 Å². The third kappa shape index (κ3) is 4.65. The number of hydrogen-bond donors (Lipinski definition) is 1. The maximum atomic E-state index is 12.4. The first-order valence-corrected chi connectivity index (χ1v) is 9.09. The van der Waals surface area contributed by atoms with E-state index in [9.17, 15) is 22.8 Å². The highest BCUT2D eigenvalue weighted by molar-refractivity contribution is 8.00. The predicted molar refractivity (Wildman–Crippen MR) is 103 cm³/mol. The van der Waals surface area contributed by atoms with Gasteiger partial charge >= 0.3 is 17.6 Å². The molecule has 1 N–H and O–H groups in total. The van der Waals surface area contributed by atoms with Gasteiger partial charge in [0.15, 0.2) is 0 Å². The molecule has 152 valence electrons. The molecule has 6 nitrogen and oxygen atoms in total. The smallest absolute Gasteiger partial charge is 0.446 e. The average molecular weight is 423 g/mol. The van der Waals surface area contributed by atoms with Crippen LogP contribution in [0.1, 0.15) is 5.56 Å². The second-order valence-corrected chi connectivity index (χ2v) is 7.26. The SMILES string of the molecule is C=C1NC(=O)N(c2ccc(Oc3ccc(SC(F)(F)F)cc3)c(C)c2)C(=O)N1C.